The number of unbranched alkanes of at least 4 members (excludes halogenated alkanes) is 1. The zero-order chi connectivity index (χ0) is 85.7. The molecule has 0 bridgehead atoms. The van der Waals surface area contributed by atoms with Crippen LogP contribution in [0.15, 0.2) is 0 Å². The molecular weight excluding hydrogens is 1440 g/mol. The summed E-state index contributed by atoms with van der Waals surface area (Å²) in [6.07, 6.45) is 1.67. The molecule has 1 fully saturated rings. The molecule has 18 N–H and O–H groups in total. The van der Waals surface area contributed by atoms with Crippen LogP contribution in [0.1, 0.15) is 137 Å². The van der Waals surface area contributed by atoms with Gasteiger partial charge in [0.2, 0.25) is 0 Å². The molecule has 0 atom stereocenters. The molecule has 0 unspecified atom stereocenters. The van der Waals surface area contributed by atoms with Crippen LogP contribution in [0.3, 0.4) is 0 Å². The van der Waals surface area contributed by atoms with Gasteiger partial charge in [0.25, 0.3) is 0 Å². The lowest BCUT2D eigenvalue weighted by molar-refractivity contribution is -0.0980. The minimum absolute atomic E-state index is 0.0174. The lowest BCUT2D eigenvalue weighted by Crippen LogP contribution is -2.40. The molecule has 0 amide bonds. The first-order valence-corrected chi connectivity index (χ1v) is 39.2. The van der Waals surface area contributed by atoms with E-state index in [1.165, 1.54) is 14.7 Å². The normalized spacial score (nSPS) is 12.6. The number of aliphatic hydroxyl groups is 14. The highest BCUT2D eigenvalue weighted by Gasteiger charge is 2.18. The quantitative estimate of drug-likeness (QED) is 0.0276. The van der Waals surface area contributed by atoms with E-state index in [9.17, 15) is 10.2 Å². The fourth-order valence-electron chi connectivity index (χ4n) is 7.45. The fraction of sp³-hybridized carbons (Fsp3) is 0.986. The second-order valence-electron chi connectivity index (χ2n) is 29.9. The van der Waals surface area contributed by atoms with Crippen molar-refractivity contribution in [1.29, 1.82) is 0 Å². The summed E-state index contributed by atoms with van der Waals surface area (Å²) in [5.41, 5.74) is 9.81. The molecule has 1 heterocycles. The van der Waals surface area contributed by atoms with Crippen molar-refractivity contribution in [3.63, 3.8) is 0 Å². The number of ether oxygens (including phenoxy) is 8. The van der Waals surface area contributed by atoms with Gasteiger partial charge in [0, 0.05) is 98.3 Å². The molecule has 1 aliphatic heterocycles. The third-order valence-corrected chi connectivity index (χ3v) is 13.7. The van der Waals surface area contributed by atoms with Gasteiger partial charge in [0.05, 0.1) is 140 Å². The lowest BCUT2D eigenvalue weighted by atomic mass is 10.2. The Labute approximate surface area is 667 Å². The summed E-state index contributed by atoms with van der Waals surface area (Å²) in [4.78, 5) is 27.4. The first-order valence-electron chi connectivity index (χ1n) is 39.2. The number of aliphatic hydroxyl groups excluding tert-OH is 14. The Morgan fingerprint density at radius 2 is 0.445 bits per heavy atom. The Morgan fingerprint density at radius 3 is 0.591 bits per heavy atom. The predicted octanol–water partition coefficient (Wildman–Crippen LogP) is -0.224. The molecule has 0 aromatic carbocycles. The second kappa shape index (κ2) is 96.1. The SMILES string of the molecule is C=O.CC(C)CO.CC(C)COCN(CCN(COCC(C)C)COCC(C)C)COCC(C)C.CC(C)COCN(CO)CCCCO.CC(C)COCN(CO)CCN(CO)CO.CC(C)COCN(CO)CCN(CO)COCC(C)C.NCCN.OCN(CO)CCN(CO)CO.OCN1CCN(CO)C1. The summed E-state index contributed by atoms with van der Waals surface area (Å²) in [6, 6.07) is 0. The van der Waals surface area contributed by atoms with E-state index in [4.69, 9.17) is 115 Å². The van der Waals surface area contributed by atoms with Gasteiger partial charge in [0.15, 0.2) is 0 Å². The maximum Gasteiger partial charge on any atom is 0.106 e. The minimum Gasteiger partial charge on any atom is -0.396 e. The van der Waals surface area contributed by atoms with E-state index >= 15 is 0 Å². The highest BCUT2D eigenvalue weighted by atomic mass is 16.5. The fourth-order valence-corrected chi connectivity index (χ4v) is 7.45. The largest absolute Gasteiger partial charge is 0.396 e. The van der Waals surface area contributed by atoms with Gasteiger partial charge in [-0.2, -0.15) is 0 Å². The van der Waals surface area contributed by atoms with Gasteiger partial charge in [0.1, 0.15) is 60.6 Å². The number of nitrogens with zero attached hydrogens (tertiary/aromatic N) is 11. The van der Waals surface area contributed by atoms with Crippen molar-refractivity contribution in [2.75, 3.05) is 292 Å². The van der Waals surface area contributed by atoms with E-state index in [-0.39, 0.29) is 87.4 Å². The maximum absolute atomic E-state index is 9.26. The number of carbonyl (C=O) groups excluding carboxylic acids is 1. The van der Waals surface area contributed by atoms with Crippen LogP contribution in [0.4, 0.5) is 0 Å². The molecule has 0 spiro atoms. The van der Waals surface area contributed by atoms with Gasteiger partial charge >= 0.3 is 0 Å². The van der Waals surface area contributed by atoms with Crippen molar-refractivity contribution < 1.29 is 114 Å². The topological polar surface area (TPSA) is 462 Å². The molecule has 0 radical (unpaired) electrons. The molecule has 0 aromatic rings. The van der Waals surface area contributed by atoms with Gasteiger partial charge in [-0.1, -0.05) is 125 Å². The van der Waals surface area contributed by atoms with Crippen molar-refractivity contribution in [1.82, 2.24) is 53.9 Å². The van der Waals surface area contributed by atoms with E-state index in [1.807, 2.05) is 35.3 Å². The van der Waals surface area contributed by atoms with Crippen LogP contribution in [-0.2, 0) is 42.7 Å². The Kier molecular flexibility index (Phi) is 108. The van der Waals surface area contributed by atoms with Crippen LogP contribution in [0.5, 0.6) is 0 Å². The molecule has 110 heavy (non-hydrogen) atoms. The van der Waals surface area contributed by atoms with Crippen molar-refractivity contribution >= 4 is 6.79 Å². The third-order valence-electron chi connectivity index (χ3n) is 13.7. The number of rotatable bonds is 62. The molecular formula is C74H175N13O23. The molecule has 1 rings (SSSR count). The average Bonchev–Trinajstić information content (AvgIpc) is 1.75. The van der Waals surface area contributed by atoms with Gasteiger partial charge < -0.3 is 126 Å². The van der Waals surface area contributed by atoms with E-state index in [1.54, 1.807) is 14.7 Å². The van der Waals surface area contributed by atoms with Crippen molar-refractivity contribution in [3.05, 3.63) is 0 Å². The first-order chi connectivity index (χ1) is 52.4. The van der Waals surface area contributed by atoms with Gasteiger partial charge in [-0.25, -0.2) is 0 Å². The zero-order valence-electron chi connectivity index (χ0n) is 72.4. The first kappa shape index (κ1) is 124. The van der Waals surface area contributed by atoms with Crippen LogP contribution in [-0.4, -0.2) is 425 Å². The highest BCUT2D eigenvalue weighted by molar-refractivity contribution is 5.11. The monoisotopic (exact) mass is 1610 g/mol. The number of nitrogens with two attached hydrogens (primary N) is 2. The highest BCUT2D eigenvalue weighted by Crippen LogP contribution is 2.06. The van der Waals surface area contributed by atoms with E-state index in [0.717, 1.165) is 78.6 Å². The van der Waals surface area contributed by atoms with E-state index < -0.39 is 0 Å². The molecule has 36 nitrogen and oxygen atoms in total. The van der Waals surface area contributed by atoms with Gasteiger partial charge in [-0.3, -0.25) is 53.9 Å². The van der Waals surface area contributed by atoms with Gasteiger partial charge in [-0.15, -0.1) is 0 Å². The lowest BCUT2D eigenvalue weighted by Gasteiger charge is -2.28. The second-order valence-corrected chi connectivity index (χ2v) is 29.9. The smallest absolute Gasteiger partial charge is 0.106 e. The Morgan fingerprint density at radius 1 is 0.273 bits per heavy atom. The van der Waals surface area contributed by atoms with Crippen LogP contribution >= 0.6 is 0 Å². The van der Waals surface area contributed by atoms with E-state index in [0.29, 0.717) is 193 Å². The Hall–Kier alpha value is -1.73. The maximum atomic E-state index is 9.26. The summed E-state index contributed by atoms with van der Waals surface area (Å²) < 4.78 is 45.1. The molecule has 36 heteroatoms. The summed E-state index contributed by atoms with van der Waals surface area (Å²) in [5.74, 6) is 4.51. The van der Waals surface area contributed by atoms with Crippen molar-refractivity contribution in [2.45, 2.75) is 137 Å². The molecule has 0 saturated carbocycles. The molecule has 0 aromatic heterocycles. The zero-order valence-corrected chi connectivity index (χ0v) is 72.4. The summed E-state index contributed by atoms with van der Waals surface area (Å²) in [5, 5.41) is 123. The molecule has 0 aliphatic carbocycles. The Bertz CT molecular complexity index is 1570. The molecule has 674 valence electrons. The predicted molar refractivity (Wildman–Crippen MR) is 432 cm³/mol. The third kappa shape index (κ3) is 102. The minimum atomic E-state index is -0.235. The van der Waals surface area contributed by atoms with Crippen LogP contribution in [0.2, 0.25) is 0 Å². The standard InChI is InChI=1S/C22H48N2O4.C14H32N2O4.C10H24N2O4.C10H23NO3.C6H16N2O4.C5H12N2O2.C4H10O.C2H8N2.CH2O/c1-19(2)11-25-15-23(16-26-12-20(3)4)9-10-24(17-27-13-21(5)6)18-28-14-22(7)8;1-13(2)7-19-11-15(9-17)5-6-16(10-18)12-20-8-14(3)4;1-10(2)5-16-9-12(8-15)4-3-11(6-13)7-14;1-10(2)7-14-9-11(8-13)5-3-4-6-12;9-3-7(4-10)1-2-8(5-11)6-12;8-4-6-1-2-7(3-6)5-9;1-4(2)3-5;3-1-2-4;1-2/h19-22H,9-18H2,1-8H3;13-14,17-18H,5-12H2,1-4H3;10,13-15H,3-9H2,1-2H3;10,12-13H,3-9H2,1-2H3;9-12H,1-6H2;8-9H,1-5H2;4-5H,3H2,1-2H3;1-4H2;1H2. The summed E-state index contributed by atoms with van der Waals surface area (Å²) >= 11 is 0. The van der Waals surface area contributed by atoms with Gasteiger partial charge in [-0.05, 0) is 66.1 Å². The van der Waals surface area contributed by atoms with Crippen LogP contribution in [0.25, 0.3) is 0 Å². The molecule has 1 saturated heterocycles. The number of carbonyl (C=O) groups is 1. The Balaban J connectivity index is -0.000000189. The summed E-state index contributed by atoms with van der Waals surface area (Å²) in [6.45, 7) is 58.0. The van der Waals surface area contributed by atoms with Crippen LogP contribution < -0.4 is 11.5 Å². The number of hydrogen-bond acceptors (Lipinski definition) is 36. The van der Waals surface area contributed by atoms with Crippen molar-refractivity contribution in [2.24, 2.45) is 64.7 Å². The van der Waals surface area contributed by atoms with Crippen molar-refractivity contribution in [3.8, 4) is 0 Å². The van der Waals surface area contributed by atoms with Crippen LogP contribution in [0, 0.1) is 53.3 Å². The van der Waals surface area contributed by atoms with E-state index in [2.05, 4.69) is 121 Å². The number of hydrogen-bond donors (Lipinski definition) is 16. The average molecular weight is 1620 g/mol. The molecule has 1 aliphatic rings. The summed E-state index contributed by atoms with van der Waals surface area (Å²) in [7, 11) is 0.